The molecule has 4 aromatic rings. The van der Waals surface area contributed by atoms with Crippen LogP contribution in [0.3, 0.4) is 0 Å². The fourth-order valence-corrected chi connectivity index (χ4v) is 6.37. The molecule has 230 valence electrons. The first-order valence-electron chi connectivity index (χ1n) is 14.3. The van der Waals surface area contributed by atoms with Gasteiger partial charge in [-0.3, -0.25) is 0 Å². The number of hydrogen-bond acceptors (Lipinski definition) is 5. The standard InChI is InChI=1S/C32H33F3N6O2S/c1-5-27(37-30(42)38-31-41(22(4)17-18-44-31)28-20(2)7-6-8-21(28)3)23-9-11-24(12-10-23)29-36-19-40(39-29)25-13-15-26(16-14-25)43-32(33,34)35/h6-16,19,22,27H,5,17-18H2,1-4H3,(H,37,42)/b38-31-. The lowest BCUT2D eigenvalue weighted by molar-refractivity contribution is -0.274. The Balaban J connectivity index is 1.28. The first kappa shape index (κ1) is 31.1. The second-order valence-corrected chi connectivity index (χ2v) is 11.6. The van der Waals surface area contributed by atoms with Gasteiger partial charge in [0.2, 0.25) is 0 Å². The zero-order valence-electron chi connectivity index (χ0n) is 24.8. The molecule has 12 heteroatoms. The maximum absolute atomic E-state index is 13.2. The van der Waals surface area contributed by atoms with Crippen molar-refractivity contribution in [1.82, 2.24) is 20.1 Å². The third-order valence-electron chi connectivity index (χ3n) is 7.40. The maximum atomic E-state index is 13.2. The van der Waals surface area contributed by atoms with E-state index in [1.807, 2.05) is 37.3 Å². The number of aromatic nitrogens is 3. The molecule has 1 aliphatic rings. The molecule has 1 N–H and O–H groups in total. The van der Waals surface area contributed by atoms with Gasteiger partial charge >= 0.3 is 12.4 Å². The lowest BCUT2D eigenvalue weighted by Crippen LogP contribution is -2.43. The average molecular weight is 623 g/mol. The van der Waals surface area contributed by atoms with E-state index in [0.717, 1.165) is 40.1 Å². The van der Waals surface area contributed by atoms with Crippen molar-refractivity contribution in [2.24, 2.45) is 4.99 Å². The van der Waals surface area contributed by atoms with Crippen molar-refractivity contribution in [3.05, 3.63) is 89.7 Å². The van der Waals surface area contributed by atoms with E-state index in [9.17, 15) is 18.0 Å². The van der Waals surface area contributed by atoms with E-state index in [4.69, 9.17) is 0 Å². The van der Waals surface area contributed by atoms with Gasteiger partial charge in [0.05, 0.1) is 11.7 Å². The van der Waals surface area contributed by atoms with E-state index in [2.05, 4.69) is 62.9 Å². The minimum atomic E-state index is -4.75. The van der Waals surface area contributed by atoms with E-state index >= 15 is 0 Å². The van der Waals surface area contributed by atoms with E-state index in [0.29, 0.717) is 23.1 Å². The molecule has 5 rings (SSSR count). The summed E-state index contributed by atoms with van der Waals surface area (Å²) in [4.78, 5) is 24.3. The molecule has 2 heterocycles. The number of urea groups is 1. The summed E-state index contributed by atoms with van der Waals surface area (Å²) in [5.41, 5.74) is 5.60. The number of aryl methyl sites for hydroxylation is 2. The summed E-state index contributed by atoms with van der Waals surface area (Å²) >= 11 is 1.60. The van der Waals surface area contributed by atoms with Gasteiger partial charge in [-0.15, -0.1) is 18.3 Å². The highest BCUT2D eigenvalue weighted by Gasteiger charge is 2.31. The minimum absolute atomic E-state index is 0.219. The first-order chi connectivity index (χ1) is 21.0. The van der Waals surface area contributed by atoms with Crippen molar-refractivity contribution in [2.45, 2.75) is 59.0 Å². The molecule has 1 aliphatic heterocycles. The predicted octanol–water partition coefficient (Wildman–Crippen LogP) is 8.00. The van der Waals surface area contributed by atoms with E-state index in [1.54, 1.807) is 11.8 Å². The van der Waals surface area contributed by atoms with Crippen molar-refractivity contribution in [3.63, 3.8) is 0 Å². The van der Waals surface area contributed by atoms with Crippen LogP contribution in [0.25, 0.3) is 17.1 Å². The van der Waals surface area contributed by atoms with Crippen LogP contribution >= 0.6 is 11.8 Å². The van der Waals surface area contributed by atoms with E-state index in [1.165, 1.54) is 35.3 Å². The van der Waals surface area contributed by atoms with Crippen LogP contribution in [0.4, 0.5) is 23.7 Å². The quantitative estimate of drug-likeness (QED) is 0.225. The van der Waals surface area contributed by atoms with Gasteiger partial charge in [-0.1, -0.05) is 61.2 Å². The molecule has 0 aliphatic carbocycles. The van der Waals surface area contributed by atoms with Crippen LogP contribution < -0.4 is 15.0 Å². The van der Waals surface area contributed by atoms with Gasteiger partial charge in [0, 0.05) is 23.0 Å². The largest absolute Gasteiger partial charge is 0.573 e. The van der Waals surface area contributed by atoms with Gasteiger partial charge in [-0.2, -0.15) is 4.99 Å². The minimum Gasteiger partial charge on any atom is -0.406 e. The number of amidine groups is 1. The zero-order valence-corrected chi connectivity index (χ0v) is 25.6. The molecule has 0 bridgehead atoms. The van der Waals surface area contributed by atoms with Crippen LogP contribution in [-0.4, -0.2) is 44.1 Å². The maximum Gasteiger partial charge on any atom is 0.573 e. The van der Waals surface area contributed by atoms with Crippen LogP contribution in [0.2, 0.25) is 0 Å². The molecular formula is C32H33F3N6O2S. The van der Waals surface area contributed by atoms with Crippen molar-refractivity contribution in [1.29, 1.82) is 0 Å². The summed E-state index contributed by atoms with van der Waals surface area (Å²) in [5.74, 6) is 1.03. The molecule has 2 amide bonds. The second kappa shape index (κ2) is 13.1. The SMILES string of the molecule is CCC(NC(=O)/N=C1\SCCC(C)N1c1c(C)cccc1C)c1ccc(-c2ncn(-c3ccc(OC(F)(F)F)cc3)n2)cc1. The Labute approximate surface area is 258 Å². The topological polar surface area (TPSA) is 84.6 Å². The van der Waals surface area contributed by atoms with Crippen molar-refractivity contribution < 1.29 is 22.7 Å². The lowest BCUT2D eigenvalue weighted by Gasteiger charge is -2.37. The number of halogens is 3. The summed E-state index contributed by atoms with van der Waals surface area (Å²) in [6.45, 7) is 8.32. The van der Waals surface area contributed by atoms with Gasteiger partial charge in [0.1, 0.15) is 12.1 Å². The number of amides is 2. The van der Waals surface area contributed by atoms with Gasteiger partial charge < -0.3 is 15.0 Å². The Morgan fingerprint density at radius 2 is 1.77 bits per heavy atom. The van der Waals surface area contributed by atoms with Gasteiger partial charge in [-0.05, 0) is 74.6 Å². The van der Waals surface area contributed by atoms with Gasteiger partial charge in [-0.25, -0.2) is 14.5 Å². The highest BCUT2D eigenvalue weighted by atomic mass is 32.2. The highest BCUT2D eigenvalue weighted by molar-refractivity contribution is 8.14. The Bertz CT molecular complexity index is 1620. The molecule has 2 atom stereocenters. The molecule has 0 saturated carbocycles. The normalized spacial score (nSPS) is 17.0. The Morgan fingerprint density at radius 1 is 1.09 bits per heavy atom. The Morgan fingerprint density at radius 3 is 2.41 bits per heavy atom. The fourth-order valence-electron chi connectivity index (χ4n) is 5.17. The number of aliphatic imine (C=N–C) groups is 1. The first-order valence-corrected chi connectivity index (χ1v) is 15.3. The van der Waals surface area contributed by atoms with Crippen LogP contribution in [0.1, 0.15) is 49.4 Å². The Hall–Kier alpha value is -4.32. The summed E-state index contributed by atoms with van der Waals surface area (Å²) in [7, 11) is 0. The molecule has 1 fully saturated rings. The summed E-state index contributed by atoms with van der Waals surface area (Å²) in [6, 6.07) is 18.7. The molecule has 2 unspecified atom stereocenters. The van der Waals surface area contributed by atoms with E-state index < -0.39 is 6.36 Å². The fraction of sp³-hybridized carbons (Fsp3) is 0.312. The van der Waals surface area contributed by atoms with Crippen LogP contribution in [0.15, 0.2) is 78.0 Å². The number of carbonyl (C=O) groups excluding carboxylic acids is 1. The average Bonchev–Trinajstić information content (AvgIpc) is 3.47. The predicted molar refractivity (Wildman–Crippen MR) is 167 cm³/mol. The third kappa shape index (κ3) is 7.24. The number of rotatable bonds is 7. The van der Waals surface area contributed by atoms with Crippen LogP contribution in [0, 0.1) is 13.8 Å². The number of ether oxygens (including phenoxy) is 1. The number of hydrogen-bond donors (Lipinski definition) is 1. The van der Waals surface area contributed by atoms with Crippen molar-refractivity contribution in [2.75, 3.05) is 10.7 Å². The number of alkyl halides is 3. The molecule has 1 aromatic heterocycles. The number of nitrogens with zero attached hydrogens (tertiary/aromatic N) is 5. The van der Waals surface area contributed by atoms with Gasteiger partial charge in [0.15, 0.2) is 11.0 Å². The van der Waals surface area contributed by atoms with Crippen molar-refractivity contribution >= 4 is 28.6 Å². The third-order valence-corrected chi connectivity index (χ3v) is 8.38. The highest BCUT2D eigenvalue weighted by Crippen LogP contribution is 2.34. The van der Waals surface area contributed by atoms with Crippen LogP contribution in [0.5, 0.6) is 5.75 Å². The number of benzene rings is 3. The smallest absolute Gasteiger partial charge is 0.406 e. The Kier molecular flexibility index (Phi) is 9.28. The molecule has 0 spiro atoms. The summed E-state index contributed by atoms with van der Waals surface area (Å²) in [6.07, 6.45) is -1.60. The molecule has 1 saturated heterocycles. The summed E-state index contributed by atoms with van der Waals surface area (Å²) in [5, 5.41) is 8.23. The van der Waals surface area contributed by atoms with E-state index in [-0.39, 0.29) is 23.9 Å². The number of para-hydroxylation sites is 1. The molecule has 44 heavy (non-hydrogen) atoms. The van der Waals surface area contributed by atoms with Crippen LogP contribution in [-0.2, 0) is 0 Å². The number of nitrogens with one attached hydrogen (secondary N) is 1. The number of carbonyl (C=O) groups is 1. The van der Waals surface area contributed by atoms with Crippen molar-refractivity contribution in [3.8, 4) is 22.8 Å². The molecule has 3 aromatic carbocycles. The number of anilines is 1. The molecule has 8 nitrogen and oxygen atoms in total. The number of thioether (sulfide) groups is 1. The lowest BCUT2D eigenvalue weighted by atomic mass is 10.0. The monoisotopic (exact) mass is 622 g/mol. The zero-order chi connectivity index (χ0) is 31.4. The second-order valence-electron chi connectivity index (χ2n) is 10.6. The summed E-state index contributed by atoms with van der Waals surface area (Å²) < 4.78 is 42.7. The van der Waals surface area contributed by atoms with Gasteiger partial charge in [0.25, 0.3) is 0 Å². The molecule has 0 radical (unpaired) electrons. The molecular weight excluding hydrogens is 589 g/mol.